The Labute approximate surface area is 131 Å². The predicted molar refractivity (Wildman–Crippen MR) is 83.9 cm³/mol. The fourth-order valence-electron chi connectivity index (χ4n) is 2.20. The molecule has 2 amide bonds. The first kappa shape index (κ1) is 15.5. The van der Waals surface area contributed by atoms with Gasteiger partial charge in [0.05, 0.1) is 9.35 Å². The van der Waals surface area contributed by atoms with Crippen LogP contribution >= 0.6 is 27.3 Å². The highest BCUT2D eigenvalue weighted by atomic mass is 79.9. The summed E-state index contributed by atoms with van der Waals surface area (Å²) in [6.45, 7) is 5.19. The van der Waals surface area contributed by atoms with Crippen LogP contribution in [-0.2, 0) is 4.79 Å². The standard InChI is InChI=1S/C14H19BrN2O2S/c1-9(2)13(18)16-11-3-5-17(6-4-11)14(19)10-7-12(15)20-8-10/h7-9,11H,3-6H2,1-2H3,(H,16,18). The summed E-state index contributed by atoms with van der Waals surface area (Å²) in [5.41, 5.74) is 0.742. The van der Waals surface area contributed by atoms with Gasteiger partial charge in [0.25, 0.3) is 5.91 Å². The Morgan fingerprint density at radius 2 is 2.05 bits per heavy atom. The van der Waals surface area contributed by atoms with Crippen molar-refractivity contribution in [1.29, 1.82) is 0 Å². The van der Waals surface area contributed by atoms with E-state index in [1.54, 1.807) is 0 Å². The van der Waals surface area contributed by atoms with Crippen LogP contribution in [0.5, 0.6) is 0 Å². The molecular formula is C14H19BrN2O2S. The minimum Gasteiger partial charge on any atom is -0.353 e. The van der Waals surface area contributed by atoms with Crippen LogP contribution in [0.2, 0.25) is 0 Å². The number of hydrogen-bond acceptors (Lipinski definition) is 3. The Morgan fingerprint density at radius 3 is 2.55 bits per heavy atom. The Bertz CT molecular complexity index is 493. The number of piperidine rings is 1. The van der Waals surface area contributed by atoms with Crippen LogP contribution in [0.3, 0.4) is 0 Å². The second-order valence-electron chi connectivity index (χ2n) is 5.37. The molecule has 110 valence electrons. The number of halogens is 1. The van der Waals surface area contributed by atoms with Crippen molar-refractivity contribution in [1.82, 2.24) is 10.2 Å². The summed E-state index contributed by atoms with van der Waals surface area (Å²) < 4.78 is 0.972. The minimum atomic E-state index is 0.0119. The largest absolute Gasteiger partial charge is 0.353 e. The predicted octanol–water partition coefficient (Wildman–Crippen LogP) is 2.89. The lowest BCUT2D eigenvalue weighted by molar-refractivity contribution is -0.124. The van der Waals surface area contributed by atoms with Crippen molar-refractivity contribution in [3.05, 3.63) is 20.8 Å². The van der Waals surface area contributed by atoms with E-state index in [9.17, 15) is 9.59 Å². The van der Waals surface area contributed by atoms with Crippen molar-refractivity contribution in [2.45, 2.75) is 32.7 Å². The summed E-state index contributed by atoms with van der Waals surface area (Å²) in [5, 5.41) is 4.91. The van der Waals surface area contributed by atoms with Crippen LogP contribution in [0.4, 0.5) is 0 Å². The van der Waals surface area contributed by atoms with E-state index in [1.807, 2.05) is 30.2 Å². The normalized spacial score (nSPS) is 16.5. The first-order valence-electron chi connectivity index (χ1n) is 6.81. The maximum Gasteiger partial charge on any atom is 0.254 e. The molecule has 20 heavy (non-hydrogen) atoms. The SMILES string of the molecule is CC(C)C(=O)NC1CCN(C(=O)c2csc(Br)c2)CC1. The zero-order valence-corrected chi connectivity index (χ0v) is 14.1. The topological polar surface area (TPSA) is 49.4 Å². The number of rotatable bonds is 3. The Balaban J connectivity index is 1.85. The highest BCUT2D eigenvalue weighted by Gasteiger charge is 2.25. The van der Waals surface area contributed by atoms with Crippen LogP contribution in [0.1, 0.15) is 37.0 Å². The molecule has 0 aromatic carbocycles. The number of hydrogen-bond donors (Lipinski definition) is 1. The number of nitrogens with zero attached hydrogens (tertiary/aromatic N) is 1. The lowest BCUT2D eigenvalue weighted by Gasteiger charge is -2.32. The van der Waals surface area contributed by atoms with Gasteiger partial charge in [0.1, 0.15) is 0 Å². The van der Waals surface area contributed by atoms with Crippen LogP contribution in [-0.4, -0.2) is 35.8 Å². The number of carbonyl (C=O) groups is 2. The third kappa shape index (κ3) is 3.82. The van der Waals surface area contributed by atoms with Gasteiger partial charge in [0.15, 0.2) is 0 Å². The summed E-state index contributed by atoms with van der Waals surface area (Å²) in [6, 6.07) is 2.06. The monoisotopic (exact) mass is 358 g/mol. The maximum atomic E-state index is 12.3. The summed E-state index contributed by atoms with van der Waals surface area (Å²) in [6.07, 6.45) is 1.66. The molecule has 0 spiro atoms. The van der Waals surface area contributed by atoms with Crippen LogP contribution in [0.25, 0.3) is 0 Å². The second kappa shape index (κ2) is 6.72. The van der Waals surface area contributed by atoms with E-state index in [-0.39, 0.29) is 23.8 Å². The third-order valence-electron chi connectivity index (χ3n) is 3.47. The molecule has 1 N–H and O–H groups in total. The van der Waals surface area contributed by atoms with E-state index in [2.05, 4.69) is 21.2 Å². The van der Waals surface area contributed by atoms with Crippen molar-refractivity contribution in [2.24, 2.45) is 5.92 Å². The summed E-state index contributed by atoms with van der Waals surface area (Å²) in [7, 11) is 0. The minimum absolute atomic E-state index is 0.0119. The molecule has 0 atom stereocenters. The number of nitrogens with one attached hydrogen (secondary N) is 1. The highest BCUT2D eigenvalue weighted by molar-refractivity contribution is 9.11. The molecule has 1 fully saturated rings. The van der Waals surface area contributed by atoms with Crippen LogP contribution in [0, 0.1) is 5.92 Å². The van der Waals surface area contributed by atoms with Crippen molar-refractivity contribution in [3.8, 4) is 0 Å². The molecule has 0 saturated carbocycles. The van der Waals surface area contributed by atoms with E-state index < -0.39 is 0 Å². The average molecular weight is 359 g/mol. The number of amides is 2. The molecule has 2 heterocycles. The molecule has 6 heteroatoms. The molecule has 4 nitrogen and oxygen atoms in total. The van der Waals surface area contributed by atoms with E-state index in [0.717, 1.165) is 22.2 Å². The number of thiophene rings is 1. The van der Waals surface area contributed by atoms with Gasteiger partial charge in [-0.1, -0.05) is 13.8 Å². The smallest absolute Gasteiger partial charge is 0.254 e. The lowest BCUT2D eigenvalue weighted by Crippen LogP contribution is -2.47. The van der Waals surface area contributed by atoms with Gasteiger partial charge < -0.3 is 10.2 Å². The molecule has 0 radical (unpaired) electrons. The molecule has 0 aliphatic carbocycles. The molecule has 1 aliphatic heterocycles. The fourth-order valence-corrected chi connectivity index (χ4v) is 3.33. The lowest BCUT2D eigenvalue weighted by atomic mass is 10.0. The molecule has 0 bridgehead atoms. The summed E-state index contributed by atoms with van der Waals surface area (Å²) >= 11 is 4.90. The van der Waals surface area contributed by atoms with Crippen molar-refractivity contribution in [2.75, 3.05) is 13.1 Å². The Kier molecular flexibility index (Phi) is 5.21. The highest BCUT2D eigenvalue weighted by Crippen LogP contribution is 2.23. The molecule has 2 rings (SSSR count). The second-order valence-corrected chi connectivity index (χ2v) is 7.66. The molecule has 1 aromatic rings. The molecule has 1 aromatic heterocycles. The van der Waals surface area contributed by atoms with Gasteiger partial charge in [-0.15, -0.1) is 11.3 Å². The Hall–Kier alpha value is -0.880. The number of carbonyl (C=O) groups excluding carboxylic acids is 2. The third-order valence-corrected chi connectivity index (χ3v) is 4.97. The number of likely N-dealkylation sites (tertiary alicyclic amines) is 1. The first-order chi connectivity index (χ1) is 9.47. The molecular weight excluding hydrogens is 340 g/mol. The molecule has 1 aliphatic rings. The zero-order valence-electron chi connectivity index (χ0n) is 11.7. The van der Waals surface area contributed by atoms with Crippen molar-refractivity contribution < 1.29 is 9.59 Å². The van der Waals surface area contributed by atoms with Gasteiger partial charge in [-0.2, -0.15) is 0 Å². The first-order valence-corrected chi connectivity index (χ1v) is 8.48. The molecule has 1 saturated heterocycles. The van der Waals surface area contributed by atoms with Gasteiger partial charge in [-0.25, -0.2) is 0 Å². The quantitative estimate of drug-likeness (QED) is 0.902. The van der Waals surface area contributed by atoms with Gasteiger partial charge in [-0.3, -0.25) is 9.59 Å². The van der Waals surface area contributed by atoms with Crippen molar-refractivity contribution in [3.63, 3.8) is 0 Å². The van der Waals surface area contributed by atoms with Gasteiger partial charge in [0, 0.05) is 30.4 Å². The van der Waals surface area contributed by atoms with E-state index >= 15 is 0 Å². The van der Waals surface area contributed by atoms with E-state index in [4.69, 9.17) is 0 Å². The van der Waals surface area contributed by atoms with Crippen LogP contribution < -0.4 is 5.32 Å². The van der Waals surface area contributed by atoms with E-state index in [0.29, 0.717) is 13.1 Å². The summed E-state index contributed by atoms with van der Waals surface area (Å²) in [5.74, 6) is 0.190. The van der Waals surface area contributed by atoms with Crippen molar-refractivity contribution >= 4 is 39.1 Å². The fraction of sp³-hybridized carbons (Fsp3) is 0.571. The maximum absolute atomic E-state index is 12.3. The zero-order chi connectivity index (χ0) is 14.7. The van der Waals surface area contributed by atoms with Gasteiger partial charge in [0.2, 0.25) is 5.91 Å². The van der Waals surface area contributed by atoms with Gasteiger partial charge >= 0.3 is 0 Å². The average Bonchev–Trinajstić information content (AvgIpc) is 2.85. The Morgan fingerprint density at radius 1 is 1.40 bits per heavy atom. The van der Waals surface area contributed by atoms with Crippen LogP contribution in [0.15, 0.2) is 15.2 Å². The molecule has 0 unspecified atom stereocenters. The van der Waals surface area contributed by atoms with Gasteiger partial charge in [-0.05, 0) is 34.8 Å². The van der Waals surface area contributed by atoms with E-state index in [1.165, 1.54) is 11.3 Å². The summed E-state index contributed by atoms with van der Waals surface area (Å²) in [4.78, 5) is 25.8.